The highest BCUT2D eigenvalue weighted by Gasteiger charge is 2.30. The Labute approximate surface area is 103 Å². The lowest BCUT2D eigenvalue weighted by Crippen LogP contribution is -2.48. The van der Waals surface area contributed by atoms with Crippen molar-refractivity contribution in [1.82, 2.24) is 4.90 Å². The molecule has 1 aromatic carbocycles. The highest BCUT2D eigenvalue weighted by Crippen LogP contribution is 2.23. The molecule has 1 aromatic rings. The molecule has 5 nitrogen and oxygen atoms in total. The first-order valence-corrected chi connectivity index (χ1v) is 5.41. The summed E-state index contributed by atoms with van der Waals surface area (Å²) in [6, 6.07) is 4.79. The van der Waals surface area contributed by atoms with Gasteiger partial charge in [-0.25, -0.2) is 4.39 Å². The quantitative estimate of drug-likeness (QED) is 0.803. The number of ether oxygens (including phenoxy) is 1. The number of phenolic OH excluding ortho intramolecular Hbond substituents is 1. The predicted octanol–water partition coefficient (Wildman–Crippen LogP) is 0.896. The fourth-order valence-corrected chi connectivity index (χ4v) is 1.82. The van der Waals surface area contributed by atoms with E-state index in [4.69, 9.17) is 10.00 Å². The molecule has 0 aliphatic carbocycles. The average Bonchev–Trinajstić information content (AvgIpc) is 2.38. The van der Waals surface area contributed by atoms with Gasteiger partial charge in [0, 0.05) is 6.54 Å². The van der Waals surface area contributed by atoms with Crippen molar-refractivity contribution in [3.63, 3.8) is 0 Å². The van der Waals surface area contributed by atoms with Crippen LogP contribution >= 0.6 is 0 Å². The number of carbonyl (C=O) groups excluding carboxylic acids is 1. The van der Waals surface area contributed by atoms with Gasteiger partial charge in [-0.3, -0.25) is 4.79 Å². The van der Waals surface area contributed by atoms with Crippen molar-refractivity contribution in [2.24, 2.45) is 0 Å². The van der Waals surface area contributed by atoms with Crippen LogP contribution in [0.5, 0.6) is 5.75 Å². The molecule has 1 unspecified atom stereocenters. The van der Waals surface area contributed by atoms with Crippen LogP contribution in [0.15, 0.2) is 18.2 Å². The Morgan fingerprint density at radius 3 is 3.06 bits per heavy atom. The van der Waals surface area contributed by atoms with Gasteiger partial charge in [0.2, 0.25) is 0 Å². The molecule has 0 spiro atoms. The Kier molecular flexibility index (Phi) is 3.44. The van der Waals surface area contributed by atoms with E-state index in [2.05, 4.69) is 0 Å². The largest absolute Gasteiger partial charge is 0.507 e. The minimum Gasteiger partial charge on any atom is -0.507 e. The molecule has 1 amide bonds. The third-order valence-corrected chi connectivity index (χ3v) is 2.74. The molecule has 94 valence electrons. The van der Waals surface area contributed by atoms with Crippen molar-refractivity contribution in [2.75, 3.05) is 19.8 Å². The van der Waals surface area contributed by atoms with E-state index in [1.807, 2.05) is 6.07 Å². The Hall–Kier alpha value is -2.13. The van der Waals surface area contributed by atoms with Gasteiger partial charge in [-0.1, -0.05) is 6.07 Å². The van der Waals surface area contributed by atoms with E-state index in [1.165, 1.54) is 17.0 Å². The molecule has 1 aliphatic heterocycles. The van der Waals surface area contributed by atoms with Gasteiger partial charge in [-0.05, 0) is 12.1 Å². The number of morpholine rings is 1. The van der Waals surface area contributed by atoms with Gasteiger partial charge < -0.3 is 14.7 Å². The lowest BCUT2D eigenvalue weighted by Gasteiger charge is -2.31. The summed E-state index contributed by atoms with van der Waals surface area (Å²) < 4.78 is 18.6. The number of rotatable bonds is 1. The second kappa shape index (κ2) is 5.02. The zero-order chi connectivity index (χ0) is 13.1. The highest BCUT2D eigenvalue weighted by atomic mass is 19.1. The predicted molar refractivity (Wildman–Crippen MR) is 59.3 cm³/mol. The molecule has 6 heteroatoms. The number of carbonyl (C=O) groups is 1. The van der Waals surface area contributed by atoms with Gasteiger partial charge in [0.1, 0.15) is 23.2 Å². The maximum atomic E-state index is 13.6. The molecule has 0 saturated carbocycles. The van der Waals surface area contributed by atoms with Crippen LogP contribution in [0.3, 0.4) is 0 Å². The molecule has 1 N–H and O–H groups in total. The minimum absolute atomic E-state index is 0.0947. The van der Waals surface area contributed by atoms with Crippen LogP contribution in [0.1, 0.15) is 10.4 Å². The smallest absolute Gasteiger partial charge is 0.261 e. The van der Waals surface area contributed by atoms with E-state index in [0.29, 0.717) is 6.61 Å². The summed E-state index contributed by atoms with van der Waals surface area (Å²) in [6.07, 6.45) is 0. The second-order valence-corrected chi connectivity index (χ2v) is 3.85. The van der Waals surface area contributed by atoms with Gasteiger partial charge in [0.15, 0.2) is 0 Å². The molecular weight excluding hydrogens is 239 g/mol. The summed E-state index contributed by atoms with van der Waals surface area (Å²) in [6.45, 7) is 0.585. The van der Waals surface area contributed by atoms with E-state index in [1.54, 1.807) is 0 Å². The number of phenols is 1. The maximum Gasteiger partial charge on any atom is 0.261 e. The van der Waals surface area contributed by atoms with Crippen LogP contribution in [0, 0.1) is 17.1 Å². The number of amides is 1. The van der Waals surface area contributed by atoms with E-state index in [-0.39, 0.29) is 13.2 Å². The standard InChI is InChI=1S/C12H11FN2O3/c13-9-2-1-3-10(16)11(9)12(17)15-4-5-18-7-8(15)6-14/h1-3,8,16H,4-5,7H2. The maximum absolute atomic E-state index is 13.6. The van der Waals surface area contributed by atoms with Gasteiger partial charge in [0.25, 0.3) is 5.91 Å². The number of hydrogen-bond donors (Lipinski definition) is 1. The Balaban J connectivity index is 2.33. The van der Waals surface area contributed by atoms with Crippen LogP contribution in [0.25, 0.3) is 0 Å². The van der Waals surface area contributed by atoms with Crippen molar-refractivity contribution in [3.8, 4) is 11.8 Å². The molecule has 1 aliphatic rings. The van der Waals surface area contributed by atoms with E-state index in [9.17, 15) is 14.3 Å². The van der Waals surface area contributed by atoms with Crippen molar-refractivity contribution < 1.29 is 19.0 Å². The number of halogens is 1. The summed E-state index contributed by atoms with van der Waals surface area (Å²) in [7, 11) is 0. The fourth-order valence-electron chi connectivity index (χ4n) is 1.82. The van der Waals surface area contributed by atoms with Crippen molar-refractivity contribution in [2.45, 2.75) is 6.04 Å². The summed E-state index contributed by atoms with van der Waals surface area (Å²) in [5.41, 5.74) is -0.403. The van der Waals surface area contributed by atoms with Crippen LogP contribution in [-0.2, 0) is 4.74 Å². The highest BCUT2D eigenvalue weighted by molar-refractivity contribution is 5.97. The molecule has 18 heavy (non-hydrogen) atoms. The molecule has 1 atom stereocenters. The van der Waals surface area contributed by atoms with Gasteiger partial charge in [0.05, 0.1) is 19.3 Å². The number of nitrogens with zero attached hydrogens (tertiary/aromatic N) is 2. The Morgan fingerprint density at radius 1 is 1.61 bits per heavy atom. The third kappa shape index (κ3) is 2.13. The summed E-state index contributed by atoms with van der Waals surface area (Å²) in [5.74, 6) is -1.92. The molecule has 1 saturated heterocycles. The van der Waals surface area contributed by atoms with Gasteiger partial charge in [-0.2, -0.15) is 5.26 Å². The zero-order valence-electron chi connectivity index (χ0n) is 9.47. The monoisotopic (exact) mass is 250 g/mol. The molecule has 1 fully saturated rings. The molecule has 2 rings (SSSR count). The molecule has 0 aromatic heterocycles. The van der Waals surface area contributed by atoms with Crippen molar-refractivity contribution >= 4 is 5.91 Å². The van der Waals surface area contributed by atoms with E-state index >= 15 is 0 Å². The van der Waals surface area contributed by atoms with Crippen LogP contribution in [0.2, 0.25) is 0 Å². The first-order chi connectivity index (χ1) is 8.65. The van der Waals surface area contributed by atoms with Crippen molar-refractivity contribution in [3.05, 3.63) is 29.6 Å². The molecule has 0 radical (unpaired) electrons. The van der Waals surface area contributed by atoms with Crippen LogP contribution in [-0.4, -0.2) is 41.7 Å². The topological polar surface area (TPSA) is 73.6 Å². The van der Waals surface area contributed by atoms with Crippen LogP contribution < -0.4 is 0 Å². The fraction of sp³-hybridized carbons (Fsp3) is 0.333. The Bertz CT molecular complexity index is 492. The lowest BCUT2D eigenvalue weighted by atomic mass is 10.1. The third-order valence-electron chi connectivity index (χ3n) is 2.74. The number of hydrogen-bond acceptors (Lipinski definition) is 4. The molecule has 1 heterocycles. The van der Waals surface area contributed by atoms with E-state index in [0.717, 1.165) is 6.07 Å². The SMILES string of the molecule is N#CC1COCCN1C(=O)c1c(O)cccc1F. The summed E-state index contributed by atoms with van der Waals surface area (Å²) in [5, 5.41) is 18.5. The molecule has 0 bridgehead atoms. The summed E-state index contributed by atoms with van der Waals surface area (Å²) in [4.78, 5) is 13.3. The second-order valence-electron chi connectivity index (χ2n) is 3.85. The van der Waals surface area contributed by atoms with Crippen molar-refractivity contribution in [1.29, 1.82) is 5.26 Å². The minimum atomic E-state index is -0.803. The lowest BCUT2D eigenvalue weighted by molar-refractivity contribution is 0.0128. The first kappa shape index (κ1) is 12.3. The van der Waals surface area contributed by atoms with Gasteiger partial charge >= 0.3 is 0 Å². The van der Waals surface area contributed by atoms with Crippen LogP contribution in [0.4, 0.5) is 4.39 Å². The molecular formula is C12H11FN2O3. The summed E-state index contributed by atoms with van der Waals surface area (Å²) >= 11 is 0. The number of aromatic hydroxyl groups is 1. The zero-order valence-corrected chi connectivity index (χ0v) is 9.47. The normalized spacial score (nSPS) is 19.3. The average molecular weight is 250 g/mol. The van der Waals surface area contributed by atoms with E-state index < -0.39 is 29.1 Å². The number of nitriles is 1. The number of benzene rings is 1. The van der Waals surface area contributed by atoms with Gasteiger partial charge in [-0.15, -0.1) is 0 Å². The Morgan fingerprint density at radius 2 is 2.39 bits per heavy atom. The first-order valence-electron chi connectivity index (χ1n) is 5.41.